The Labute approximate surface area is 664 Å². The molecule has 48 heteroatoms. The molecule has 0 radical (unpaired) electrons. The second kappa shape index (κ2) is 60.9. The number of carbonyl (C=O) groups excluding carboxylic acids is 5. The van der Waals surface area contributed by atoms with E-state index >= 15 is 0 Å². The zero-order chi connectivity index (χ0) is 76.8. The van der Waals surface area contributed by atoms with Crippen LogP contribution in [-0.2, 0) is 140 Å². The molecule has 0 aromatic heterocycles. The number of hydrogen-bond acceptors (Lipinski definition) is 25. The minimum absolute atomic E-state index is 0. The number of amides is 4. The Hall–Kier alpha value is -1.80. The summed E-state index contributed by atoms with van der Waals surface area (Å²) in [5.74, 6) is -5.75. The van der Waals surface area contributed by atoms with Gasteiger partial charge in [-0.25, -0.2) is 15.2 Å². The fourth-order valence-electron chi connectivity index (χ4n) is 10.3. The molecule has 2 aliphatic rings. The van der Waals surface area contributed by atoms with Crippen LogP contribution in [0.4, 0.5) is 0 Å². The van der Waals surface area contributed by atoms with Gasteiger partial charge >= 0.3 is 107 Å². The van der Waals surface area contributed by atoms with Gasteiger partial charge in [0.05, 0.1) is 26.2 Å². The van der Waals surface area contributed by atoms with E-state index in [4.69, 9.17) is 26.2 Å². The minimum atomic E-state index is -4.49. The first-order valence-electron chi connectivity index (χ1n) is 33.3. The summed E-state index contributed by atoms with van der Waals surface area (Å²) in [6.45, 7) is 5.30. The van der Waals surface area contributed by atoms with E-state index in [-0.39, 0.29) is 221 Å². The molecule has 0 saturated carbocycles. The predicted octanol–water partition coefficient (Wildman–Crippen LogP) is -1.78. The molecule has 18 N–H and O–H groups in total. The predicted molar refractivity (Wildman–Crippen MR) is 362 cm³/mol. The normalized spacial score (nSPS) is 16.2. The average molecular weight is 1810 g/mol. The molecule has 2 aliphatic heterocycles. The first-order valence-corrected chi connectivity index (χ1v) is 40.5. The topological polar surface area (TPSA) is 599 Å². The quantitative estimate of drug-likeness (QED) is 0.0140. The molecule has 2 heterocycles. The van der Waals surface area contributed by atoms with E-state index in [9.17, 15) is 116 Å². The summed E-state index contributed by atoms with van der Waals surface area (Å²) in [7, 11) is -17.9. The number of nitrogens with zero attached hydrogens (tertiary/aromatic N) is 11. The van der Waals surface area contributed by atoms with Crippen LogP contribution < -0.4 is 11.1 Å². The number of Topliss-reactive ketones (excluding diaryl/α,β-unsaturated/α-hetero) is 1. The Morgan fingerprint density at radius 2 is 0.635 bits per heavy atom. The van der Waals surface area contributed by atoms with Crippen LogP contribution >= 0.6 is 30.4 Å². The molecule has 104 heavy (non-hydrogen) atoms. The number of carbonyl (C=O) groups is 9. The summed E-state index contributed by atoms with van der Waals surface area (Å²) < 4.78 is 46.0. The average Bonchev–Trinajstić information content (AvgIpc) is 1.42. The molecule has 41 nitrogen and oxygen atoms in total. The molecule has 2 saturated heterocycles. The van der Waals surface area contributed by atoms with Crippen molar-refractivity contribution in [2.45, 2.75) is 116 Å². The van der Waals surface area contributed by atoms with E-state index in [0.29, 0.717) is 132 Å². The monoisotopic (exact) mass is 1810 g/mol. The van der Waals surface area contributed by atoms with E-state index in [2.05, 4.69) is 5.32 Å². The van der Waals surface area contributed by atoms with Crippen molar-refractivity contribution in [3.63, 3.8) is 0 Å². The summed E-state index contributed by atoms with van der Waals surface area (Å²) >= 11 is 0. The molecule has 0 spiro atoms. The number of rotatable bonds is 40. The van der Waals surface area contributed by atoms with E-state index in [1.807, 2.05) is 0 Å². The van der Waals surface area contributed by atoms with Crippen molar-refractivity contribution in [1.82, 2.24) is 59.7 Å². The van der Waals surface area contributed by atoms with Gasteiger partial charge in [-0.05, 0) is 64.3 Å². The van der Waals surface area contributed by atoms with Gasteiger partial charge in [-0.2, -0.15) is 0 Å². The van der Waals surface area contributed by atoms with E-state index in [0.717, 1.165) is 25.7 Å². The van der Waals surface area contributed by atoms with Crippen molar-refractivity contribution in [1.29, 1.82) is 0 Å². The molecule has 0 aromatic rings. The maximum atomic E-state index is 12.0. The molecule has 2 rings (SSSR count). The van der Waals surface area contributed by atoms with Gasteiger partial charge in [-0.15, -0.1) is 0 Å². The molecule has 0 aliphatic carbocycles. The first kappa shape index (κ1) is 109. The minimum Gasteiger partial charge on any atom is -0.480 e. The zero-order valence-corrected chi connectivity index (χ0v) is 70.3. The largest absolute Gasteiger partial charge is 4.00 e. The summed E-state index contributed by atoms with van der Waals surface area (Å²) in [5, 5.41) is 69.9. The van der Waals surface area contributed by atoms with Crippen LogP contribution in [0.5, 0.6) is 0 Å². The summed E-state index contributed by atoms with van der Waals surface area (Å²) in [5.41, 5.74) is 5.40. The molecular weight excluding hydrogens is 1690 g/mol. The fraction of sp³-hybridized carbons (Fsp3) is 0.839. The van der Waals surface area contributed by atoms with Gasteiger partial charge in [0, 0.05) is 196 Å². The maximum Gasteiger partial charge on any atom is 4.00 e. The fourth-order valence-corrected chi connectivity index (χ4v) is 13.5. The molecule has 0 bridgehead atoms. The Kier molecular flexibility index (Phi) is 63.5. The van der Waals surface area contributed by atoms with Gasteiger partial charge in [0.25, 0.3) is 0 Å². The number of carboxylic acids is 4. The van der Waals surface area contributed by atoms with Crippen LogP contribution in [0.15, 0.2) is 0 Å². The van der Waals surface area contributed by atoms with Crippen LogP contribution in [-0.4, -0.2) is 372 Å². The number of ketones is 1. The number of hydrogen-bond donors (Lipinski definition) is 17. The molecule has 2 fully saturated rings. The smallest absolute Gasteiger partial charge is 0.480 e. The number of unbranched alkanes of at least 4 members (excludes halogenated alkanes) is 7. The number of nitrogens with two attached hydrogens (primary N) is 1. The van der Waals surface area contributed by atoms with Crippen LogP contribution in [0, 0.1) is 0 Å². The van der Waals surface area contributed by atoms with Crippen molar-refractivity contribution in [2.24, 2.45) is 5.73 Å². The van der Waals surface area contributed by atoms with E-state index < -0.39 is 97.1 Å². The Bertz CT molecular complexity index is 2570. The van der Waals surface area contributed by atoms with Crippen molar-refractivity contribution in [2.75, 3.05) is 189 Å². The standard InChI is InChI=1S/C26H49N5O8.C17H30N4O8.C13H34N4O12P4.3Zr/c1-22(32)29(37)19-9-3-2-6-12-23(33)13-15-25(35)30(38)21-11-5-8-18-28-24(34)14-16-26(36)31(39)20-10-4-7-17-27;22-14(23)10-18-2-1-3-19(11-15(24)25)5-7-21(13-17(28)29)9-8-20(6-4-18)12-16(26)27;18-30(19,20)10-14-2-1-3-15(11-31(21,22)23)5-7-17(13-33(27,28)29)9-8-16(6-4-14)12-32(24,25)26;;;/h37-39H,2-21,27H2,1H3,(H,28,34);1-13H2,(H,22,23)(H,24,25)(H,26,27)(H,28,29);1-13H2,(H2,18,19,20)(H2,21,22,23)(H2,24,25,26)(H2,27,28,29);;;/q;;;;2*+4/i;;;3*1-2. The third-order valence-corrected chi connectivity index (χ3v) is 18.5. The summed E-state index contributed by atoms with van der Waals surface area (Å²) in [6, 6.07) is 0. The SMILES string of the molecule is CC(=O)N(O)CCCCCCC(=O)CCC(=O)N(O)CCCCCNC(=O)CCC(=O)N(O)CCCCCN.O=C(O)CN1CCCN(CC(=O)O)CCN(CC(=O)O)CCN(CC(=O)O)CC1.O=P(O)(O)CN1CCCN(CP(=O)(O)O)CCN(CP(=O)(O)O)CCN(CP(=O)(O)O)CC1.[89Zr+4].[89Zr+4].[89Zr]. The Morgan fingerprint density at radius 1 is 0.365 bits per heavy atom. The molecular formula is C56H113N13O28P4Zr3+8. The van der Waals surface area contributed by atoms with Gasteiger partial charge in [0.15, 0.2) is 0 Å². The van der Waals surface area contributed by atoms with Gasteiger partial charge in [-0.3, -0.25) is 116 Å². The number of nitrogens with one attached hydrogen (secondary N) is 1. The molecule has 0 unspecified atom stereocenters. The summed E-state index contributed by atoms with van der Waals surface area (Å²) in [6.07, 6.45) is 5.62. The van der Waals surface area contributed by atoms with Crippen molar-refractivity contribution >= 4 is 83.7 Å². The molecule has 594 valence electrons. The van der Waals surface area contributed by atoms with E-state index in [1.165, 1.54) is 26.5 Å². The summed E-state index contributed by atoms with van der Waals surface area (Å²) in [4.78, 5) is 190. The third-order valence-electron chi connectivity index (χ3n) is 15.4. The number of carboxylic acid groups (broad SMARTS) is 4. The first-order chi connectivity index (χ1) is 47.0. The Balaban J connectivity index is -0.000000718. The van der Waals surface area contributed by atoms with Crippen molar-refractivity contribution < 1.29 is 215 Å². The van der Waals surface area contributed by atoms with Crippen LogP contribution in [0.2, 0.25) is 0 Å². The van der Waals surface area contributed by atoms with Crippen molar-refractivity contribution in [3.8, 4) is 0 Å². The molecule has 0 aromatic carbocycles. The van der Waals surface area contributed by atoms with Gasteiger partial charge in [0.1, 0.15) is 30.9 Å². The van der Waals surface area contributed by atoms with Crippen LogP contribution in [0.1, 0.15) is 116 Å². The van der Waals surface area contributed by atoms with E-state index in [1.54, 1.807) is 19.6 Å². The van der Waals surface area contributed by atoms with Crippen LogP contribution in [0.3, 0.4) is 0 Å². The van der Waals surface area contributed by atoms with Gasteiger partial charge in [0.2, 0.25) is 23.6 Å². The maximum absolute atomic E-state index is 12.0. The van der Waals surface area contributed by atoms with Gasteiger partial charge in [-0.1, -0.05) is 19.3 Å². The van der Waals surface area contributed by atoms with Gasteiger partial charge < -0.3 is 70.6 Å². The van der Waals surface area contributed by atoms with Crippen LogP contribution in [0.25, 0.3) is 0 Å². The molecule has 4 amide bonds. The second-order valence-electron chi connectivity index (χ2n) is 24.7. The molecule has 0 atom stereocenters. The zero-order valence-electron chi connectivity index (χ0n) is 59.3. The third kappa shape index (κ3) is 66.0. The number of aliphatic carboxylic acids is 4. The Morgan fingerprint density at radius 3 is 0.952 bits per heavy atom. The second-order valence-corrected chi connectivity index (χ2v) is 31.2. The number of hydroxylamine groups is 6. The van der Waals surface area contributed by atoms with Crippen molar-refractivity contribution in [3.05, 3.63) is 0 Å².